The summed E-state index contributed by atoms with van der Waals surface area (Å²) >= 11 is 0. The van der Waals surface area contributed by atoms with E-state index in [0.717, 1.165) is 0 Å². The minimum absolute atomic E-state index is 0. The first-order valence-corrected chi connectivity index (χ1v) is 4.70. The van der Waals surface area contributed by atoms with Gasteiger partial charge in [-0.05, 0) is 12.1 Å². The van der Waals surface area contributed by atoms with Gasteiger partial charge in [0, 0.05) is 11.0 Å². The molecule has 0 fully saturated rings. The number of hydrogen-bond donors (Lipinski definition) is 1. The van der Waals surface area contributed by atoms with Crippen LogP contribution in [-0.4, -0.2) is 16.9 Å². The predicted molar refractivity (Wildman–Crippen MR) is 58.3 cm³/mol. The minimum Gasteiger partial charge on any atom is -1.00 e. The minimum atomic E-state index is -0.982. The average molecular weight is 230 g/mol. The maximum absolute atomic E-state index is 11.8. The summed E-state index contributed by atoms with van der Waals surface area (Å²) in [6.07, 6.45) is 0. The van der Waals surface area contributed by atoms with Gasteiger partial charge in [0.1, 0.15) is 0 Å². The normalized spacial score (nSPS) is 10.4. The molecule has 3 nitrogen and oxygen atoms in total. The van der Waals surface area contributed by atoms with Gasteiger partial charge in [0.15, 0.2) is 5.78 Å². The van der Waals surface area contributed by atoms with E-state index in [1.165, 1.54) is 12.1 Å². The molecule has 0 bridgehead atoms. The Labute approximate surface area is 119 Å². The summed E-state index contributed by atoms with van der Waals surface area (Å²) < 4.78 is 0. The first kappa shape index (κ1) is 15.4. The van der Waals surface area contributed by atoms with Gasteiger partial charge in [0.2, 0.25) is 0 Å². The van der Waals surface area contributed by atoms with Crippen molar-refractivity contribution >= 4 is 11.8 Å². The Morgan fingerprint density at radius 3 is 1.75 bits per heavy atom. The number of carboxylic acids is 1. The van der Waals surface area contributed by atoms with E-state index in [0.29, 0.717) is 5.56 Å². The Morgan fingerprint density at radius 1 is 1.06 bits per heavy atom. The smallest absolute Gasteiger partial charge is 1.00 e. The van der Waals surface area contributed by atoms with Crippen molar-refractivity contribution in [3.8, 4) is 0 Å². The summed E-state index contributed by atoms with van der Waals surface area (Å²) in [5, 5.41) is 8.69. The van der Waals surface area contributed by atoms with Gasteiger partial charge in [-0.2, -0.15) is 0 Å². The summed E-state index contributed by atoms with van der Waals surface area (Å²) in [7, 11) is 0. The number of aromatic carboxylic acids is 1. The Kier molecular flexibility index (Phi) is 5.39. The molecular formula is C12H15NaO3. The van der Waals surface area contributed by atoms with Crippen LogP contribution in [0.15, 0.2) is 24.3 Å². The van der Waals surface area contributed by atoms with Gasteiger partial charge in [-0.3, -0.25) is 4.79 Å². The fraction of sp³-hybridized carbons (Fsp3) is 0.333. The monoisotopic (exact) mass is 230 g/mol. The molecule has 0 saturated carbocycles. The van der Waals surface area contributed by atoms with Crippen molar-refractivity contribution in [2.75, 3.05) is 0 Å². The van der Waals surface area contributed by atoms with E-state index in [2.05, 4.69) is 0 Å². The van der Waals surface area contributed by atoms with E-state index in [1.807, 2.05) is 20.8 Å². The third kappa shape index (κ3) is 3.74. The molecule has 0 aliphatic carbocycles. The number of ketones is 1. The molecule has 1 aromatic rings. The summed E-state index contributed by atoms with van der Waals surface area (Å²) in [6.45, 7) is 5.50. The molecule has 1 N–H and O–H groups in total. The summed E-state index contributed by atoms with van der Waals surface area (Å²) in [4.78, 5) is 22.4. The Morgan fingerprint density at radius 2 is 1.44 bits per heavy atom. The molecule has 1 rings (SSSR count). The predicted octanol–water partition coefficient (Wildman–Crippen LogP) is -0.270. The van der Waals surface area contributed by atoms with Crippen LogP contribution in [0.2, 0.25) is 0 Å². The Bertz CT molecular complexity index is 393. The van der Waals surface area contributed by atoms with Gasteiger partial charge in [0.05, 0.1) is 5.56 Å². The van der Waals surface area contributed by atoms with Gasteiger partial charge in [-0.1, -0.05) is 32.9 Å². The molecule has 0 aliphatic rings. The van der Waals surface area contributed by atoms with Crippen molar-refractivity contribution in [2.24, 2.45) is 5.41 Å². The summed E-state index contributed by atoms with van der Waals surface area (Å²) in [5.74, 6) is -0.968. The first-order chi connectivity index (χ1) is 6.82. The number of benzene rings is 1. The second kappa shape index (κ2) is 5.62. The quantitative estimate of drug-likeness (QED) is 0.562. The van der Waals surface area contributed by atoms with Crippen LogP contribution >= 0.6 is 0 Å². The molecule has 82 valence electrons. The topological polar surface area (TPSA) is 54.4 Å². The molecular weight excluding hydrogens is 215 g/mol. The zero-order valence-corrected chi connectivity index (χ0v) is 12.1. The number of rotatable bonds is 2. The SMILES string of the molecule is CC(C)(C)C(=O)c1ccc(C(=O)O)cc1.[H-].[Na+]. The zero-order chi connectivity index (χ0) is 11.6. The number of carboxylic acid groups (broad SMARTS) is 1. The van der Waals surface area contributed by atoms with E-state index < -0.39 is 11.4 Å². The fourth-order valence-electron chi connectivity index (χ4n) is 1.20. The molecule has 0 heterocycles. The molecule has 0 atom stereocenters. The molecule has 0 aliphatic heterocycles. The van der Waals surface area contributed by atoms with E-state index in [1.54, 1.807) is 12.1 Å². The third-order valence-electron chi connectivity index (χ3n) is 2.08. The number of carbonyl (C=O) groups excluding carboxylic acids is 1. The molecule has 16 heavy (non-hydrogen) atoms. The molecule has 4 heteroatoms. The van der Waals surface area contributed by atoms with Crippen molar-refractivity contribution in [1.82, 2.24) is 0 Å². The average Bonchev–Trinajstić information content (AvgIpc) is 2.15. The van der Waals surface area contributed by atoms with Crippen LogP contribution in [0.1, 0.15) is 42.9 Å². The van der Waals surface area contributed by atoms with Gasteiger partial charge in [-0.25, -0.2) is 4.79 Å². The van der Waals surface area contributed by atoms with Gasteiger partial charge < -0.3 is 6.53 Å². The van der Waals surface area contributed by atoms with Crippen LogP contribution in [-0.2, 0) is 0 Å². The fourth-order valence-corrected chi connectivity index (χ4v) is 1.20. The van der Waals surface area contributed by atoms with Crippen LogP contribution in [0.3, 0.4) is 0 Å². The Hall–Kier alpha value is -0.640. The van der Waals surface area contributed by atoms with Gasteiger partial charge in [0.25, 0.3) is 0 Å². The van der Waals surface area contributed by atoms with Crippen molar-refractivity contribution in [1.29, 1.82) is 0 Å². The maximum Gasteiger partial charge on any atom is 1.00 e. The van der Waals surface area contributed by atoms with Gasteiger partial charge >= 0.3 is 35.5 Å². The number of carbonyl (C=O) groups is 2. The van der Waals surface area contributed by atoms with Crippen LogP contribution in [0, 0.1) is 5.41 Å². The molecule has 0 unspecified atom stereocenters. The molecule has 1 aromatic carbocycles. The first-order valence-electron chi connectivity index (χ1n) is 4.70. The maximum atomic E-state index is 11.8. The van der Waals surface area contributed by atoms with E-state index in [-0.39, 0.29) is 42.3 Å². The van der Waals surface area contributed by atoms with E-state index >= 15 is 0 Å². The second-order valence-electron chi connectivity index (χ2n) is 4.46. The number of hydrogen-bond acceptors (Lipinski definition) is 2. The standard InChI is InChI=1S/C12H14O3.Na.H/c1-12(2,3)10(13)8-4-6-9(7-5-8)11(14)15;;/h4-7H,1-3H3,(H,14,15);;/q;+1;-1. The van der Waals surface area contributed by atoms with Crippen LogP contribution in [0.5, 0.6) is 0 Å². The van der Waals surface area contributed by atoms with Crippen molar-refractivity contribution < 1.29 is 45.7 Å². The summed E-state index contributed by atoms with van der Waals surface area (Å²) in [5.41, 5.74) is 0.304. The molecule has 0 saturated heterocycles. The second-order valence-corrected chi connectivity index (χ2v) is 4.46. The van der Waals surface area contributed by atoms with E-state index in [9.17, 15) is 9.59 Å². The summed E-state index contributed by atoms with van der Waals surface area (Å²) in [6, 6.07) is 6.00. The third-order valence-corrected chi connectivity index (χ3v) is 2.08. The van der Waals surface area contributed by atoms with Crippen molar-refractivity contribution in [3.05, 3.63) is 35.4 Å². The van der Waals surface area contributed by atoms with Crippen LogP contribution in [0.4, 0.5) is 0 Å². The molecule has 0 amide bonds. The largest absolute Gasteiger partial charge is 1.00 e. The number of Topliss-reactive ketones (excluding diaryl/α,β-unsaturated/α-hetero) is 1. The van der Waals surface area contributed by atoms with Crippen molar-refractivity contribution in [2.45, 2.75) is 20.8 Å². The van der Waals surface area contributed by atoms with Crippen LogP contribution < -0.4 is 29.6 Å². The van der Waals surface area contributed by atoms with Gasteiger partial charge in [-0.15, -0.1) is 0 Å². The molecule has 0 aromatic heterocycles. The molecule has 0 radical (unpaired) electrons. The Balaban J connectivity index is 0. The van der Waals surface area contributed by atoms with Crippen LogP contribution in [0.25, 0.3) is 0 Å². The van der Waals surface area contributed by atoms with Crippen molar-refractivity contribution in [3.63, 3.8) is 0 Å². The zero-order valence-electron chi connectivity index (χ0n) is 11.1. The van der Waals surface area contributed by atoms with E-state index in [4.69, 9.17) is 5.11 Å². The molecule has 0 spiro atoms.